The Balaban J connectivity index is 2.26. The Hall–Kier alpha value is -2.74. The third-order valence-corrected chi connectivity index (χ3v) is 2.79. The lowest BCUT2D eigenvalue weighted by Crippen LogP contribution is -1.92. The van der Waals surface area contributed by atoms with Gasteiger partial charge >= 0.3 is 0 Å². The molecule has 2 heterocycles. The molecule has 1 aromatic carbocycles. The van der Waals surface area contributed by atoms with Crippen LogP contribution in [0.4, 0.5) is 0 Å². The van der Waals surface area contributed by atoms with Crippen LogP contribution in [0.1, 0.15) is 11.1 Å². The SMILES string of the molecule is Cc1ccccc1-c1nnn2cc(C#N)cnc12. The molecule has 0 radical (unpaired) electrons. The molecule has 0 atom stereocenters. The average Bonchev–Trinajstić information content (AvgIpc) is 2.82. The third-order valence-electron chi connectivity index (χ3n) is 2.79. The Bertz CT molecular complexity index is 766. The predicted molar refractivity (Wildman–Crippen MR) is 65.7 cm³/mol. The summed E-state index contributed by atoms with van der Waals surface area (Å²) >= 11 is 0. The summed E-state index contributed by atoms with van der Waals surface area (Å²) in [6, 6.07) is 9.97. The Kier molecular flexibility index (Phi) is 2.27. The molecule has 0 aliphatic carbocycles. The van der Waals surface area contributed by atoms with Gasteiger partial charge in [0.2, 0.25) is 0 Å². The molecule has 0 saturated heterocycles. The van der Waals surface area contributed by atoms with Crippen LogP contribution in [-0.4, -0.2) is 19.8 Å². The number of nitriles is 1. The first-order valence-corrected chi connectivity index (χ1v) is 5.47. The van der Waals surface area contributed by atoms with Crippen molar-refractivity contribution in [3.63, 3.8) is 0 Å². The molecule has 3 rings (SSSR count). The lowest BCUT2D eigenvalue weighted by Gasteiger charge is -2.01. The van der Waals surface area contributed by atoms with Crippen LogP contribution in [0.25, 0.3) is 16.9 Å². The van der Waals surface area contributed by atoms with E-state index in [1.165, 1.54) is 10.7 Å². The molecule has 0 aliphatic rings. The van der Waals surface area contributed by atoms with E-state index in [-0.39, 0.29) is 0 Å². The molecule has 18 heavy (non-hydrogen) atoms. The van der Waals surface area contributed by atoms with Gasteiger partial charge in [-0.15, -0.1) is 5.10 Å². The fourth-order valence-electron chi connectivity index (χ4n) is 1.86. The number of aryl methyl sites for hydroxylation is 1. The first kappa shape index (κ1) is 10.4. The van der Waals surface area contributed by atoms with E-state index in [9.17, 15) is 0 Å². The van der Waals surface area contributed by atoms with Gasteiger partial charge in [-0.1, -0.05) is 29.5 Å². The lowest BCUT2D eigenvalue weighted by atomic mass is 10.1. The van der Waals surface area contributed by atoms with Gasteiger partial charge in [0.1, 0.15) is 11.8 Å². The molecular weight excluding hydrogens is 226 g/mol. The van der Waals surface area contributed by atoms with Gasteiger partial charge in [-0.25, -0.2) is 9.50 Å². The Labute approximate surface area is 103 Å². The number of rotatable bonds is 1. The number of nitrogens with zero attached hydrogens (tertiary/aromatic N) is 5. The van der Waals surface area contributed by atoms with Gasteiger partial charge in [-0.05, 0) is 12.5 Å². The number of hydrogen-bond acceptors (Lipinski definition) is 4. The van der Waals surface area contributed by atoms with Crippen LogP contribution in [0, 0.1) is 18.3 Å². The number of aromatic nitrogens is 4. The standard InChI is InChI=1S/C13H9N5/c1-9-4-2-3-5-11(9)12-13-15-7-10(6-14)8-18(13)17-16-12/h2-5,7-8H,1H3. The summed E-state index contributed by atoms with van der Waals surface area (Å²) in [7, 11) is 0. The molecule has 3 aromatic rings. The maximum atomic E-state index is 8.81. The highest BCUT2D eigenvalue weighted by Gasteiger charge is 2.11. The molecule has 0 spiro atoms. The third kappa shape index (κ3) is 1.52. The molecule has 0 N–H and O–H groups in total. The first-order chi connectivity index (χ1) is 8.79. The van der Waals surface area contributed by atoms with Gasteiger partial charge in [0.15, 0.2) is 5.65 Å². The second-order valence-electron chi connectivity index (χ2n) is 3.98. The van der Waals surface area contributed by atoms with Crippen molar-refractivity contribution in [1.82, 2.24) is 19.8 Å². The lowest BCUT2D eigenvalue weighted by molar-refractivity contribution is 0.845. The van der Waals surface area contributed by atoms with Gasteiger partial charge in [0.05, 0.1) is 11.8 Å². The molecule has 0 unspecified atom stereocenters. The summed E-state index contributed by atoms with van der Waals surface area (Å²) in [5.74, 6) is 0. The normalized spacial score (nSPS) is 10.4. The highest BCUT2D eigenvalue weighted by molar-refractivity contribution is 5.75. The zero-order valence-corrected chi connectivity index (χ0v) is 9.70. The first-order valence-electron chi connectivity index (χ1n) is 5.47. The van der Waals surface area contributed by atoms with E-state index >= 15 is 0 Å². The van der Waals surface area contributed by atoms with E-state index in [1.54, 1.807) is 6.20 Å². The highest BCUT2D eigenvalue weighted by atomic mass is 15.4. The predicted octanol–water partition coefficient (Wildman–Crippen LogP) is 1.97. The van der Waals surface area contributed by atoms with E-state index in [2.05, 4.69) is 15.3 Å². The summed E-state index contributed by atoms with van der Waals surface area (Å²) in [6.07, 6.45) is 3.15. The van der Waals surface area contributed by atoms with Crippen LogP contribution < -0.4 is 0 Å². The molecule has 0 bridgehead atoms. The van der Waals surface area contributed by atoms with E-state index in [1.807, 2.05) is 37.3 Å². The monoisotopic (exact) mass is 235 g/mol. The second-order valence-corrected chi connectivity index (χ2v) is 3.98. The Morgan fingerprint density at radius 3 is 2.89 bits per heavy atom. The van der Waals surface area contributed by atoms with Gasteiger partial charge in [0, 0.05) is 11.8 Å². The van der Waals surface area contributed by atoms with E-state index in [0.717, 1.165) is 16.8 Å². The molecule has 86 valence electrons. The summed E-state index contributed by atoms with van der Waals surface area (Å²) in [5.41, 5.74) is 3.97. The van der Waals surface area contributed by atoms with Crippen LogP contribution >= 0.6 is 0 Å². The zero-order chi connectivity index (χ0) is 12.5. The topological polar surface area (TPSA) is 66.9 Å². The maximum Gasteiger partial charge on any atom is 0.183 e. The Morgan fingerprint density at radius 1 is 1.28 bits per heavy atom. The zero-order valence-electron chi connectivity index (χ0n) is 9.70. The summed E-state index contributed by atoms with van der Waals surface area (Å²) in [5, 5.41) is 17.0. The van der Waals surface area contributed by atoms with Crippen molar-refractivity contribution in [2.24, 2.45) is 0 Å². The smallest absolute Gasteiger partial charge is 0.183 e. The minimum atomic E-state index is 0.462. The molecule has 0 amide bonds. The highest BCUT2D eigenvalue weighted by Crippen LogP contribution is 2.23. The largest absolute Gasteiger partial charge is 0.234 e. The average molecular weight is 235 g/mol. The summed E-state index contributed by atoms with van der Waals surface area (Å²) in [4.78, 5) is 4.24. The van der Waals surface area contributed by atoms with Crippen molar-refractivity contribution < 1.29 is 0 Å². The molecule has 5 heteroatoms. The maximum absolute atomic E-state index is 8.81. The molecule has 0 fully saturated rings. The van der Waals surface area contributed by atoms with E-state index in [0.29, 0.717) is 11.2 Å². The van der Waals surface area contributed by atoms with Crippen molar-refractivity contribution in [2.45, 2.75) is 6.92 Å². The molecule has 0 saturated carbocycles. The molecule has 2 aromatic heterocycles. The fourth-order valence-corrected chi connectivity index (χ4v) is 1.86. The minimum absolute atomic E-state index is 0.462. The van der Waals surface area contributed by atoms with Crippen molar-refractivity contribution >= 4 is 5.65 Å². The van der Waals surface area contributed by atoms with Crippen molar-refractivity contribution in [3.8, 4) is 17.3 Å². The van der Waals surface area contributed by atoms with Crippen LogP contribution in [0.2, 0.25) is 0 Å². The summed E-state index contributed by atoms with van der Waals surface area (Å²) in [6.45, 7) is 2.02. The van der Waals surface area contributed by atoms with E-state index < -0.39 is 0 Å². The van der Waals surface area contributed by atoms with Crippen LogP contribution in [0.15, 0.2) is 36.7 Å². The van der Waals surface area contributed by atoms with Gasteiger partial charge < -0.3 is 0 Å². The quantitative estimate of drug-likeness (QED) is 0.646. The molecule has 0 aliphatic heterocycles. The van der Waals surface area contributed by atoms with E-state index in [4.69, 9.17) is 5.26 Å². The van der Waals surface area contributed by atoms with Crippen molar-refractivity contribution in [3.05, 3.63) is 47.8 Å². The van der Waals surface area contributed by atoms with Crippen LogP contribution in [0.3, 0.4) is 0 Å². The van der Waals surface area contributed by atoms with Crippen LogP contribution in [-0.2, 0) is 0 Å². The second kappa shape index (κ2) is 3.93. The van der Waals surface area contributed by atoms with Gasteiger partial charge in [0.25, 0.3) is 0 Å². The van der Waals surface area contributed by atoms with Crippen LogP contribution in [0.5, 0.6) is 0 Å². The van der Waals surface area contributed by atoms with Gasteiger partial charge in [-0.2, -0.15) is 5.26 Å². The minimum Gasteiger partial charge on any atom is -0.234 e. The molecule has 5 nitrogen and oxygen atoms in total. The molecular formula is C13H9N5. The van der Waals surface area contributed by atoms with Gasteiger partial charge in [-0.3, -0.25) is 0 Å². The Morgan fingerprint density at radius 2 is 2.11 bits per heavy atom. The van der Waals surface area contributed by atoms with Crippen molar-refractivity contribution in [1.29, 1.82) is 5.26 Å². The fraction of sp³-hybridized carbons (Fsp3) is 0.0769. The van der Waals surface area contributed by atoms with Crippen molar-refractivity contribution in [2.75, 3.05) is 0 Å². The summed E-state index contributed by atoms with van der Waals surface area (Å²) < 4.78 is 1.53. The number of hydrogen-bond donors (Lipinski definition) is 0. The number of fused-ring (bicyclic) bond motifs is 1. The number of benzene rings is 1.